The van der Waals surface area contributed by atoms with Gasteiger partial charge in [-0.25, -0.2) is 4.39 Å². The van der Waals surface area contributed by atoms with Crippen molar-refractivity contribution in [2.45, 2.75) is 31.1 Å². The highest BCUT2D eigenvalue weighted by atomic mass is 19.1. The van der Waals surface area contributed by atoms with E-state index in [1.54, 1.807) is 30.3 Å². The van der Waals surface area contributed by atoms with Crippen LogP contribution in [0, 0.1) is 5.82 Å². The van der Waals surface area contributed by atoms with Crippen LogP contribution < -0.4 is 14.8 Å². The number of hydrogen-bond donors (Lipinski definition) is 1. The maximum atomic E-state index is 13.3. The summed E-state index contributed by atoms with van der Waals surface area (Å²) in [4.78, 5) is 25.2. The van der Waals surface area contributed by atoms with Crippen LogP contribution in [0.25, 0.3) is 0 Å². The molecule has 1 aliphatic carbocycles. The summed E-state index contributed by atoms with van der Waals surface area (Å²) in [7, 11) is 3.01. The molecule has 0 radical (unpaired) electrons. The van der Waals surface area contributed by atoms with Gasteiger partial charge in [0.25, 0.3) is 5.91 Å². The molecule has 6 nitrogen and oxygen atoms in total. The summed E-state index contributed by atoms with van der Waals surface area (Å²) in [6.45, 7) is -0.428. The Bertz CT molecular complexity index is 875. The van der Waals surface area contributed by atoms with Gasteiger partial charge in [0, 0.05) is 6.07 Å². The molecule has 3 rings (SSSR count). The zero-order valence-electron chi connectivity index (χ0n) is 16.5. The highest BCUT2D eigenvalue weighted by Crippen LogP contribution is 2.42. The SMILES string of the molecule is COc1ccc(OC)c(NC(=O)COC(=O)C2(c3ccc(F)cc3)CCCC2)c1. The number of amides is 1. The van der Waals surface area contributed by atoms with Gasteiger partial charge in [-0.1, -0.05) is 25.0 Å². The van der Waals surface area contributed by atoms with Crippen LogP contribution >= 0.6 is 0 Å². The largest absolute Gasteiger partial charge is 0.497 e. The van der Waals surface area contributed by atoms with E-state index in [0.29, 0.717) is 30.0 Å². The molecular weight excluding hydrogens is 377 g/mol. The minimum atomic E-state index is -0.832. The fraction of sp³-hybridized carbons (Fsp3) is 0.364. The minimum Gasteiger partial charge on any atom is -0.497 e. The first-order chi connectivity index (χ1) is 14.0. The standard InChI is InChI=1S/C22H24FNO5/c1-27-17-9-10-19(28-2)18(13-17)24-20(25)14-29-21(26)22(11-3-4-12-22)15-5-7-16(23)8-6-15/h5-10,13H,3-4,11-12,14H2,1-2H3,(H,24,25). The Morgan fingerprint density at radius 3 is 2.34 bits per heavy atom. The Morgan fingerprint density at radius 2 is 1.72 bits per heavy atom. The minimum absolute atomic E-state index is 0.359. The van der Waals surface area contributed by atoms with Gasteiger partial charge < -0.3 is 19.5 Å². The molecule has 0 aliphatic heterocycles. The van der Waals surface area contributed by atoms with Crippen LogP contribution in [0.5, 0.6) is 11.5 Å². The van der Waals surface area contributed by atoms with Crippen LogP contribution in [0.4, 0.5) is 10.1 Å². The first-order valence-corrected chi connectivity index (χ1v) is 9.43. The molecule has 0 unspecified atom stereocenters. The number of rotatable bonds is 7. The summed E-state index contributed by atoms with van der Waals surface area (Å²) in [6, 6.07) is 10.9. The lowest BCUT2D eigenvalue weighted by molar-refractivity contribution is -0.153. The van der Waals surface area contributed by atoms with Crippen LogP contribution in [0.1, 0.15) is 31.2 Å². The molecule has 7 heteroatoms. The maximum Gasteiger partial charge on any atom is 0.317 e. The molecule has 0 spiro atoms. The summed E-state index contributed by atoms with van der Waals surface area (Å²) in [5.41, 5.74) is 0.306. The van der Waals surface area contributed by atoms with Crippen molar-refractivity contribution in [1.82, 2.24) is 0 Å². The third-order valence-corrected chi connectivity index (χ3v) is 5.26. The Kier molecular flexibility index (Phi) is 6.36. The van der Waals surface area contributed by atoms with Gasteiger partial charge in [-0.3, -0.25) is 9.59 Å². The van der Waals surface area contributed by atoms with E-state index in [9.17, 15) is 14.0 Å². The first-order valence-electron chi connectivity index (χ1n) is 9.43. The number of halogens is 1. The van der Waals surface area contributed by atoms with Crippen molar-refractivity contribution in [3.63, 3.8) is 0 Å². The van der Waals surface area contributed by atoms with Gasteiger partial charge >= 0.3 is 5.97 Å². The molecule has 2 aromatic carbocycles. The number of anilines is 1. The molecule has 154 valence electrons. The zero-order chi connectivity index (χ0) is 20.9. The second kappa shape index (κ2) is 8.94. The first kappa shape index (κ1) is 20.6. The molecule has 0 atom stereocenters. The average molecular weight is 401 g/mol. The van der Waals surface area contributed by atoms with E-state index < -0.39 is 23.9 Å². The zero-order valence-corrected chi connectivity index (χ0v) is 16.5. The quantitative estimate of drug-likeness (QED) is 0.714. The number of methoxy groups -OCH3 is 2. The molecule has 0 heterocycles. The van der Waals surface area contributed by atoms with E-state index in [2.05, 4.69) is 5.32 Å². The lowest BCUT2D eigenvalue weighted by Gasteiger charge is -2.27. The van der Waals surface area contributed by atoms with Crippen molar-refractivity contribution in [3.05, 3.63) is 53.8 Å². The monoisotopic (exact) mass is 401 g/mol. The molecule has 1 aliphatic rings. The van der Waals surface area contributed by atoms with E-state index in [4.69, 9.17) is 14.2 Å². The lowest BCUT2D eigenvalue weighted by atomic mass is 9.79. The summed E-state index contributed by atoms with van der Waals surface area (Å²) in [5, 5.41) is 2.67. The Morgan fingerprint density at radius 1 is 1.03 bits per heavy atom. The van der Waals surface area contributed by atoms with Gasteiger partial charge in [0.2, 0.25) is 0 Å². The average Bonchev–Trinajstić information content (AvgIpc) is 3.23. The summed E-state index contributed by atoms with van der Waals surface area (Å²) < 4.78 is 29.0. The van der Waals surface area contributed by atoms with Crippen molar-refractivity contribution < 1.29 is 28.2 Å². The predicted octanol–water partition coefficient (Wildman–Crippen LogP) is 3.84. The highest BCUT2D eigenvalue weighted by molar-refractivity contribution is 5.95. The van der Waals surface area contributed by atoms with Gasteiger partial charge in [0.1, 0.15) is 17.3 Å². The Hall–Kier alpha value is -3.09. The van der Waals surface area contributed by atoms with Crippen LogP contribution in [-0.4, -0.2) is 32.7 Å². The molecule has 0 aromatic heterocycles. The molecule has 2 aromatic rings. The van der Waals surface area contributed by atoms with Gasteiger partial charge in [0.15, 0.2) is 6.61 Å². The topological polar surface area (TPSA) is 73.9 Å². The van der Waals surface area contributed by atoms with Gasteiger partial charge in [0.05, 0.1) is 25.3 Å². The van der Waals surface area contributed by atoms with Crippen molar-refractivity contribution in [2.24, 2.45) is 0 Å². The van der Waals surface area contributed by atoms with E-state index >= 15 is 0 Å². The van der Waals surface area contributed by atoms with E-state index in [1.165, 1.54) is 26.4 Å². The van der Waals surface area contributed by atoms with Gasteiger partial charge in [-0.2, -0.15) is 0 Å². The highest BCUT2D eigenvalue weighted by Gasteiger charge is 2.44. The summed E-state index contributed by atoms with van der Waals surface area (Å²) in [6.07, 6.45) is 2.98. The molecule has 0 bridgehead atoms. The number of hydrogen-bond acceptors (Lipinski definition) is 5. The fourth-order valence-corrected chi connectivity index (χ4v) is 3.73. The number of benzene rings is 2. The molecule has 1 amide bonds. The fourth-order valence-electron chi connectivity index (χ4n) is 3.73. The smallest absolute Gasteiger partial charge is 0.317 e. The molecule has 1 N–H and O–H groups in total. The van der Waals surface area contributed by atoms with Crippen molar-refractivity contribution in [1.29, 1.82) is 0 Å². The van der Waals surface area contributed by atoms with Crippen molar-refractivity contribution in [2.75, 3.05) is 26.1 Å². The number of carbonyl (C=O) groups is 2. The van der Waals surface area contributed by atoms with Crippen molar-refractivity contribution in [3.8, 4) is 11.5 Å². The van der Waals surface area contributed by atoms with Crippen LogP contribution in [0.3, 0.4) is 0 Å². The number of nitrogens with one attached hydrogen (secondary N) is 1. The number of ether oxygens (including phenoxy) is 3. The van der Waals surface area contributed by atoms with Gasteiger partial charge in [-0.15, -0.1) is 0 Å². The second-order valence-corrected chi connectivity index (χ2v) is 6.99. The third kappa shape index (κ3) is 4.50. The van der Waals surface area contributed by atoms with E-state index in [-0.39, 0.29) is 5.82 Å². The van der Waals surface area contributed by atoms with Crippen LogP contribution in [0.15, 0.2) is 42.5 Å². The van der Waals surface area contributed by atoms with E-state index in [1.807, 2.05) is 0 Å². The second-order valence-electron chi connectivity index (χ2n) is 6.99. The molecule has 29 heavy (non-hydrogen) atoms. The van der Waals surface area contributed by atoms with E-state index in [0.717, 1.165) is 18.4 Å². The number of esters is 1. The number of carbonyl (C=O) groups excluding carboxylic acids is 2. The summed E-state index contributed by atoms with van der Waals surface area (Å²) >= 11 is 0. The molecular formula is C22H24FNO5. The van der Waals surface area contributed by atoms with Crippen LogP contribution in [0.2, 0.25) is 0 Å². The lowest BCUT2D eigenvalue weighted by Crippen LogP contribution is -2.36. The molecule has 1 fully saturated rings. The summed E-state index contributed by atoms with van der Waals surface area (Å²) in [5.74, 6) is -0.295. The Labute approximate surface area is 169 Å². The molecule has 0 saturated heterocycles. The predicted molar refractivity (Wildman–Crippen MR) is 106 cm³/mol. The van der Waals surface area contributed by atoms with Crippen molar-refractivity contribution >= 4 is 17.6 Å². The van der Waals surface area contributed by atoms with Gasteiger partial charge in [-0.05, 0) is 42.7 Å². The normalized spacial score (nSPS) is 14.9. The Balaban J connectivity index is 1.68. The molecule has 1 saturated carbocycles. The van der Waals surface area contributed by atoms with Crippen LogP contribution in [-0.2, 0) is 19.7 Å². The maximum absolute atomic E-state index is 13.3. The third-order valence-electron chi connectivity index (χ3n) is 5.26.